The normalized spacial score (nSPS) is 11.0. The van der Waals surface area contributed by atoms with Gasteiger partial charge in [0.15, 0.2) is 0 Å². The predicted octanol–water partition coefficient (Wildman–Crippen LogP) is 3.65. The van der Waals surface area contributed by atoms with Crippen molar-refractivity contribution in [2.24, 2.45) is 0 Å². The largest absolute Gasteiger partial charge is 0.298 e. The first-order valence-corrected chi connectivity index (χ1v) is 6.93. The van der Waals surface area contributed by atoms with Crippen molar-refractivity contribution in [2.75, 3.05) is 13.1 Å². The van der Waals surface area contributed by atoms with Crippen LogP contribution in [0.1, 0.15) is 19.5 Å². The van der Waals surface area contributed by atoms with E-state index in [0.717, 1.165) is 24.6 Å². The lowest BCUT2D eigenvalue weighted by molar-refractivity contribution is 0.293. The smallest absolute Gasteiger partial charge is 0.123 e. The van der Waals surface area contributed by atoms with Crippen molar-refractivity contribution in [2.45, 2.75) is 20.4 Å². The second-order valence-electron chi connectivity index (χ2n) is 3.97. The van der Waals surface area contributed by atoms with Gasteiger partial charge in [-0.25, -0.2) is 4.98 Å². The minimum atomic E-state index is 0.955. The Morgan fingerprint density at radius 1 is 1.12 bits per heavy atom. The molecule has 0 bridgehead atoms. The van der Waals surface area contributed by atoms with Crippen LogP contribution in [0.25, 0.3) is 10.6 Å². The monoisotopic (exact) mass is 246 g/mol. The Hall–Kier alpha value is -1.19. The lowest BCUT2D eigenvalue weighted by atomic mass is 10.2. The molecule has 1 aromatic carbocycles. The summed E-state index contributed by atoms with van der Waals surface area (Å²) in [5.41, 5.74) is 2.39. The van der Waals surface area contributed by atoms with Gasteiger partial charge in [0.1, 0.15) is 5.01 Å². The molecule has 3 heteroatoms. The fourth-order valence-electron chi connectivity index (χ4n) is 1.77. The number of aromatic nitrogens is 1. The first-order chi connectivity index (χ1) is 8.33. The van der Waals surface area contributed by atoms with Crippen LogP contribution >= 0.6 is 11.3 Å². The van der Waals surface area contributed by atoms with Gasteiger partial charge >= 0.3 is 0 Å². The molecule has 0 saturated carbocycles. The molecule has 90 valence electrons. The van der Waals surface area contributed by atoms with Crippen LogP contribution in [0, 0.1) is 0 Å². The van der Waals surface area contributed by atoms with Crippen LogP contribution in [0.15, 0.2) is 35.7 Å². The maximum atomic E-state index is 4.69. The third-order valence-corrected chi connectivity index (χ3v) is 3.79. The molecule has 2 rings (SSSR count). The molecule has 0 unspecified atom stereocenters. The van der Waals surface area contributed by atoms with Gasteiger partial charge in [-0.3, -0.25) is 4.90 Å². The molecule has 0 aliphatic carbocycles. The van der Waals surface area contributed by atoms with Crippen LogP contribution in [0.5, 0.6) is 0 Å². The van der Waals surface area contributed by atoms with Gasteiger partial charge in [0, 0.05) is 17.5 Å². The quantitative estimate of drug-likeness (QED) is 0.800. The Kier molecular flexibility index (Phi) is 4.29. The fourth-order valence-corrected chi connectivity index (χ4v) is 2.59. The number of hydrogen-bond acceptors (Lipinski definition) is 3. The van der Waals surface area contributed by atoms with Gasteiger partial charge in [-0.2, -0.15) is 0 Å². The van der Waals surface area contributed by atoms with Crippen molar-refractivity contribution < 1.29 is 0 Å². The van der Waals surface area contributed by atoms with E-state index in [-0.39, 0.29) is 0 Å². The summed E-state index contributed by atoms with van der Waals surface area (Å²) in [6.45, 7) is 7.49. The topological polar surface area (TPSA) is 16.1 Å². The minimum absolute atomic E-state index is 0.955. The molecule has 0 fully saturated rings. The minimum Gasteiger partial charge on any atom is -0.298 e. The zero-order chi connectivity index (χ0) is 12.1. The molecular formula is C14H18N2S. The summed E-state index contributed by atoms with van der Waals surface area (Å²) in [5, 5.41) is 3.29. The van der Waals surface area contributed by atoms with Crippen molar-refractivity contribution >= 4 is 11.3 Å². The van der Waals surface area contributed by atoms with Gasteiger partial charge < -0.3 is 0 Å². The summed E-state index contributed by atoms with van der Waals surface area (Å²) in [7, 11) is 0. The van der Waals surface area contributed by atoms with Crippen molar-refractivity contribution in [3.63, 3.8) is 0 Å². The Labute approximate surface area is 107 Å². The summed E-state index contributed by atoms with van der Waals surface area (Å²) in [6, 6.07) is 10.4. The molecule has 0 spiro atoms. The van der Waals surface area contributed by atoms with Crippen LogP contribution in [-0.2, 0) is 6.54 Å². The lowest BCUT2D eigenvalue weighted by Gasteiger charge is -2.15. The van der Waals surface area contributed by atoms with E-state index < -0.39 is 0 Å². The Morgan fingerprint density at radius 3 is 2.47 bits per heavy atom. The molecular weight excluding hydrogens is 228 g/mol. The number of rotatable bonds is 5. The molecule has 0 radical (unpaired) electrons. The van der Waals surface area contributed by atoms with E-state index >= 15 is 0 Å². The van der Waals surface area contributed by atoms with Gasteiger partial charge in [-0.05, 0) is 13.1 Å². The van der Waals surface area contributed by atoms with E-state index in [4.69, 9.17) is 4.98 Å². The maximum absolute atomic E-state index is 4.69. The average Bonchev–Trinajstić information content (AvgIpc) is 2.85. The number of benzene rings is 1. The van der Waals surface area contributed by atoms with Gasteiger partial charge in [-0.15, -0.1) is 11.3 Å². The maximum Gasteiger partial charge on any atom is 0.123 e. The number of hydrogen-bond donors (Lipinski definition) is 0. The average molecular weight is 246 g/mol. The van der Waals surface area contributed by atoms with Gasteiger partial charge in [-0.1, -0.05) is 44.2 Å². The van der Waals surface area contributed by atoms with E-state index in [0.29, 0.717) is 0 Å². The molecule has 0 amide bonds. The summed E-state index contributed by atoms with van der Waals surface area (Å²) < 4.78 is 0. The van der Waals surface area contributed by atoms with Gasteiger partial charge in [0.2, 0.25) is 0 Å². The van der Waals surface area contributed by atoms with Crippen LogP contribution in [0.2, 0.25) is 0 Å². The van der Waals surface area contributed by atoms with E-state index in [1.165, 1.54) is 11.3 Å². The van der Waals surface area contributed by atoms with Gasteiger partial charge in [0.05, 0.1) is 5.69 Å². The molecule has 17 heavy (non-hydrogen) atoms. The van der Waals surface area contributed by atoms with Crippen molar-refractivity contribution in [1.82, 2.24) is 9.88 Å². The second-order valence-corrected chi connectivity index (χ2v) is 4.83. The summed E-state index contributed by atoms with van der Waals surface area (Å²) in [4.78, 5) is 7.07. The van der Waals surface area contributed by atoms with E-state index in [2.05, 4.69) is 48.4 Å². The fraction of sp³-hybridized carbons (Fsp3) is 0.357. The number of thiazole rings is 1. The Balaban J connectivity index is 2.11. The number of nitrogens with zero attached hydrogens (tertiary/aromatic N) is 2. The molecule has 0 aliphatic heterocycles. The van der Waals surface area contributed by atoms with E-state index in [1.807, 2.05) is 6.07 Å². The third-order valence-electron chi connectivity index (χ3n) is 2.85. The third kappa shape index (κ3) is 3.14. The van der Waals surface area contributed by atoms with E-state index in [9.17, 15) is 0 Å². The molecule has 0 aliphatic rings. The molecule has 2 aromatic rings. The highest BCUT2D eigenvalue weighted by molar-refractivity contribution is 7.13. The predicted molar refractivity (Wildman–Crippen MR) is 74.2 cm³/mol. The molecule has 0 N–H and O–H groups in total. The SMILES string of the molecule is CCN(CC)Cc1csc(-c2ccccc2)n1. The van der Waals surface area contributed by atoms with Crippen LogP contribution in [0.3, 0.4) is 0 Å². The first kappa shape index (κ1) is 12.3. The van der Waals surface area contributed by atoms with Crippen molar-refractivity contribution in [3.05, 3.63) is 41.4 Å². The van der Waals surface area contributed by atoms with Crippen LogP contribution < -0.4 is 0 Å². The van der Waals surface area contributed by atoms with E-state index in [1.54, 1.807) is 11.3 Å². The Bertz CT molecular complexity index is 446. The highest BCUT2D eigenvalue weighted by Gasteiger charge is 2.06. The van der Waals surface area contributed by atoms with Crippen LogP contribution in [-0.4, -0.2) is 23.0 Å². The second kappa shape index (κ2) is 5.94. The highest BCUT2D eigenvalue weighted by Crippen LogP contribution is 2.23. The van der Waals surface area contributed by atoms with Crippen molar-refractivity contribution in [3.8, 4) is 10.6 Å². The highest BCUT2D eigenvalue weighted by atomic mass is 32.1. The molecule has 0 atom stereocenters. The van der Waals surface area contributed by atoms with Gasteiger partial charge in [0.25, 0.3) is 0 Å². The molecule has 0 saturated heterocycles. The standard InChI is InChI=1S/C14H18N2S/c1-3-16(4-2)10-13-11-17-14(15-13)12-8-6-5-7-9-12/h5-9,11H,3-4,10H2,1-2H3. The Morgan fingerprint density at radius 2 is 1.82 bits per heavy atom. The zero-order valence-corrected chi connectivity index (χ0v) is 11.2. The first-order valence-electron chi connectivity index (χ1n) is 6.05. The summed E-state index contributed by atoms with van der Waals surface area (Å²) >= 11 is 1.73. The molecule has 1 aromatic heterocycles. The zero-order valence-electron chi connectivity index (χ0n) is 10.4. The lowest BCUT2D eigenvalue weighted by Crippen LogP contribution is -2.22. The molecule has 2 nitrogen and oxygen atoms in total. The van der Waals surface area contributed by atoms with Crippen LogP contribution in [0.4, 0.5) is 0 Å². The summed E-state index contributed by atoms with van der Waals surface area (Å²) in [5.74, 6) is 0. The summed E-state index contributed by atoms with van der Waals surface area (Å²) in [6.07, 6.45) is 0. The van der Waals surface area contributed by atoms with Crippen molar-refractivity contribution in [1.29, 1.82) is 0 Å². The molecule has 1 heterocycles.